The summed E-state index contributed by atoms with van der Waals surface area (Å²) in [5.41, 5.74) is 1.69. The maximum Gasteiger partial charge on any atom is 0.475 e. The maximum absolute atomic E-state index is 13.0. The third-order valence-corrected chi connectivity index (χ3v) is 5.67. The van der Waals surface area contributed by atoms with Gasteiger partial charge in [-0.1, -0.05) is 74.5 Å². The van der Waals surface area contributed by atoms with Gasteiger partial charge in [0.05, 0.1) is 5.94 Å². The second-order valence-corrected chi connectivity index (χ2v) is 9.25. The lowest BCUT2D eigenvalue weighted by atomic mass is 9.75. The topological polar surface area (TPSA) is 148 Å². The van der Waals surface area contributed by atoms with Crippen LogP contribution in [0, 0.1) is 5.92 Å². The van der Waals surface area contributed by atoms with Crippen molar-refractivity contribution in [1.29, 1.82) is 0 Å². The summed E-state index contributed by atoms with van der Waals surface area (Å²) in [6.45, 7) is 3.92. The Balaban J connectivity index is 1.99. The molecule has 2 amide bonds. The van der Waals surface area contributed by atoms with Gasteiger partial charge < -0.3 is 31.1 Å². The van der Waals surface area contributed by atoms with Crippen molar-refractivity contribution in [2.75, 3.05) is 6.54 Å². The molecule has 9 nitrogen and oxygen atoms in total. The average Bonchev–Trinajstić information content (AvgIpc) is 2.83. The van der Waals surface area contributed by atoms with E-state index >= 15 is 0 Å². The molecule has 0 aliphatic heterocycles. The Bertz CT molecular complexity index is 959. The second-order valence-electron chi connectivity index (χ2n) is 9.25. The maximum atomic E-state index is 13.0. The van der Waals surface area contributed by atoms with Crippen LogP contribution in [0.25, 0.3) is 0 Å². The molecule has 0 fully saturated rings. The lowest BCUT2D eigenvalue weighted by molar-refractivity contribution is -0.139. The number of nitrogens with one attached hydrogen (secondary N) is 3. The molecule has 36 heavy (non-hydrogen) atoms. The highest BCUT2D eigenvalue weighted by Crippen LogP contribution is 2.09. The van der Waals surface area contributed by atoms with E-state index in [4.69, 9.17) is 0 Å². The summed E-state index contributed by atoms with van der Waals surface area (Å²) in [5.74, 6) is -2.72. The van der Waals surface area contributed by atoms with Crippen molar-refractivity contribution in [3.63, 3.8) is 0 Å². The first kappa shape index (κ1) is 29.0. The number of rotatable bonds is 15. The van der Waals surface area contributed by atoms with Crippen LogP contribution in [0.1, 0.15) is 37.8 Å². The molecule has 6 N–H and O–H groups in total. The quantitative estimate of drug-likeness (QED) is 0.201. The summed E-state index contributed by atoms with van der Waals surface area (Å²) in [6, 6.07) is 16.6. The van der Waals surface area contributed by atoms with Crippen LogP contribution in [0.15, 0.2) is 60.7 Å². The Morgan fingerprint density at radius 1 is 0.833 bits per heavy atom. The van der Waals surface area contributed by atoms with Crippen LogP contribution in [0.4, 0.5) is 0 Å². The molecule has 0 aromatic heterocycles. The van der Waals surface area contributed by atoms with E-state index in [2.05, 4.69) is 16.0 Å². The largest absolute Gasteiger partial charge is 0.480 e. The first-order valence-corrected chi connectivity index (χ1v) is 12.2. The number of carboxylic acids is 1. The smallest absolute Gasteiger partial charge is 0.475 e. The van der Waals surface area contributed by atoms with E-state index in [-0.39, 0.29) is 31.7 Å². The molecule has 0 bridgehead atoms. The Morgan fingerprint density at radius 2 is 1.36 bits per heavy atom. The molecule has 0 saturated heterocycles. The summed E-state index contributed by atoms with van der Waals surface area (Å²) in [4.78, 5) is 37.3. The predicted octanol–water partition coefficient (Wildman–Crippen LogP) is 0.932. The van der Waals surface area contributed by atoms with E-state index in [1.54, 1.807) is 0 Å². The fourth-order valence-corrected chi connectivity index (χ4v) is 3.83. The molecule has 3 atom stereocenters. The van der Waals surface area contributed by atoms with Gasteiger partial charge in [-0.25, -0.2) is 0 Å². The van der Waals surface area contributed by atoms with Crippen molar-refractivity contribution in [3.8, 4) is 0 Å². The zero-order valence-electron chi connectivity index (χ0n) is 20.8. The van der Waals surface area contributed by atoms with Crippen LogP contribution < -0.4 is 16.0 Å². The van der Waals surface area contributed by atoms with E-state index in [1.807, 2.05) is 74.5 Å². The van der Waals surface area contributed by atoms with E-state index < -0.39 is 42.9 Å². The monoisotopic (exact) mass is 497 g/mol. The third kappa shape index (κ3) is 10.6. The number of hydrogen-bond donors (Lipinski definition) is 6. The highest BCUT2D eigenvalue weighted by Gasteiger charge is 2.30. The first-order valence-electron chi connectivity index (χ1n) is 12.2. The Morgan fingerprint density at radius 3 is 1.83 bits per heavy atom. The van der Waals surface area contributed by atoms with Gasteiger partial charge in [0.1, 0.15) is 12.1 Å². The zero-order valence-corrected chi connectivity index (χ0v) is 20.8. The molecule has 2 aromatic carbocycles. The molecule has 0 radical (unpaired) electrons. The summed E-state index contributed by atoms with van der Waals surface area (Å²) in [6.07, 6.45) is 0.817. The molecular weight excluding hydrogens is 461 g/mol. The molecule has 194 valence electrons. The van der Waals surface area contributed by atoms with Gasteiger partial charge in [-0.2, -0.15) is 0 Å². The summed E-state index contributed by atoms with van der Waals surface area (Å²) < 4.78 is 0. The minimum atomic E-state index is -1.73. The number of aliphatic carboxylic acids is 1. The SMILES string of the molecule is CC(C)CC(NC(=O)C(Cc1ccccc1)NC(=O)CCNC(Cc1ccccc1)C(=O)O)B(O)O. The Labute approximate surface area is 212 Å². The molecule has 0 heterocycles. The van der Waals surface area contributed by atoms with Crippen molar-refractivity contribution < 1.29 is 29.5 Å². The van der Waals surface area contributed by atoms with Crippen LogP contribution in [-0.4, -0.2) is 64.6 Å². The molecule has 0 spiro atoms. The highest BCUT2D eigenvalue weighted by atomic mass is 16.4. The Hall–Kier alpha value is -3.21. The van der Waals surface area contributed by atoms with E-state index in [0.717, 1.165) is 11.1 Å². The van der Waals surface area contributed by atoms with Crippen LogP contribution in [0.3, 0.4) is 0 Å². The lowest BCUT2D eigenvalue weighted by Gasteiger charge is -2.24. The minimum Gasteiger partial charge on any atom is -0.480 e. The molecular formula is C26H36BN3O6. The van der Waals surface area contributed by atoms with Gasteiger partial charge in [0.15, 0.2) is 0 Å². The third-order valence-electron chi connectivity index (χ3n) is 5.67. The molecule has 0 aliphatic carbocycles. The van der Waals surface area contributed by atoms with E-state index in [0.29, 0.717) is 6.42 Å². The number of carbonyl (C=O) groups is 3. The molecule has 10 heteroatoms. The van der Waals surface area contributed by atoms with Crippen molar-refractivity contribution in [2.24, 2.45) is 5.92 Å². The number of carbonyl (C=O) groups excluding carboxylic acids is 2. The average molecular weight is 497 g/mol. The molecule has 2 aromatic rings. The molecule has 3 unspecified atom stereocenters. The minimum absolute atomic E-state index is 0.0326. The van der Waals surface area contributed by atoms with Gasteiger partial charge in [-0.05, 0) is 29.9 Å². The second kappa shape index (κ2) is 15.0. The lowest BCUT2D eigenvalue weighted by Crippen LogP contribution is -2.55. The van der Waals surface area contributed by atoms with Gasteiger partial charge in [0.25, 0.3) is 0 Å². The predicted molar refractivity (Wildman–Crippen MR) is 138 cm³/mol. The summed E-state index contributed by atoms with van der Waals surface area (Å²) in [5, 5.41) is 37.1. The van der Waals surface area contributed by atoms with Gasteiger partial charge in [-0.3, -0.25) is 14.4 Å². The zero-order chi connectivity index (χ0) is 26.5. The Kier molecular flexibility index (Phi) is 12.1. The van der Waals surface area contributed by atoms with Gasteiger partial charge in [0, 0.05) is 19.4 Å². The molecule has 0 aliphatic rings. The number of carboxylic acid groups (broad SMARTS) is 1. The molecule has 2 rings (SSSR count). The van der Waals surface area contributed by atoms with Crippen molar-refractivity contribution in [1.82, 2.24) is 16.0 Å². The standard InChI is InChI=1S/C26H36BN3O6/c1-18(2)15-23(27(35)36)30-25(32)21(16-19-9-5-3-6-10-19)29-24(31)13-14-28-22(26(33)34)17-20-11-7-4-8-12-20/h3-12,18,21-23,28,35-36H,13-17H2,1-2H3,(H,29,31)(H,30,32)(H,33,34). The van der Waals surface area contributed by atoms with Gasteiger partial charge in [0.2, 0.25) is 11.8 Å². The number of benzene rings is 2. The van der Waals surface area contributed by atoms with Gasteiger partial charge >= 0.3 is 13.1 Å². The number of hydrogen-bond acceptors (Lipinski definition) is 6. The summed E-state index contributed by atoms with van der Waals surface area (Å²) in [7, 11) is -1.73. The van der Waals surface area contributed by atoms with Crippen LogP contribution >= 0.6 is 0 Å². The van der Waals surface area contributed by atoms with Crippen molar-refractivity contribution in [2.45, 2.75) is 57.6 Å². The fourth-order valence-electron chi connectivity index (χ4n) is 3.83. The fraction of sp³-hybridized carbons (Fsp3) is 0.423. The number of amides is 2. The van der Waals surface area contributed by atoms with Crippen molar-refractivity contribution >= 4 is 24.9 Å². The van der Waals surface area contributed by atoms with E-state index in [1.165, 1.54) is 0 Å². The summed E-state index contributed by atoms with van der Waals surface area (Å²) >= 11 is 0. The van der Waals surface area contributed by atoms with Crippen LogP contribution in [-0.2, 0) is 27.2 Å². The van der Waals surface area contributed by atoms with Crippen molar-refractivity contribution in [3.05, 3.63) is 71.8 Å². The highest BCUT2D eigenvalue weighted by molar-refractivity contribution is 6.43. The molecule has 0 saturated carbocycles. The van der Waals surface area contributed by atoms with Crippen LogP contribution in [0.5, 0.6) is 0 Å². The first-order chi connectivity index (χ1) is 17.2. The van der Waals surface area contributed by atoms with Crippen LogP contribution in [0.2, 0.25) is 0 Å². The normalized spacial score (nSPS) is 13.5. The van der Waals surface area contributed by atoms with E-state index in [9.17, 15) is 29.5 Å². The van der Waals surface area contributed by atoms with Gasteiger partial charge in [-0.15, -0.1) is 0 Å².